The third-order valence-corrected chi connectivity index (χ3v) is 8.54. The Balaban J connectivity index is 0.00000380. The number of hydrogen-bond donors (Lipinski definition) is 3. The van der Waals surface area contributed by atoms with E-state index in [2.05, 4.69) is 23.1 Å². The Labute approximate surface area is 314 Å². The van der Waals surface area contributed by atoms with Gasteiger partial charge in [-0.2, -0.15) is 0 Å². The quantitative estimate of drug-likeness (QED) is 0.142. The van der Waals surface area contributed by atoms with E-state index in [1.54, 1.807) is 6.07 Å². The number of nitrogens with two attached hydrogens (primary N) is 1. The molecule has 40 heavy (non-hydrogen) atoms. The average molecular weight is 660 g/mol. The van der Waals surface area contributed by atoms with Crippen molar-refractivity contribution in [3.05, 3.63) is 31.1 Å². The fourth-order valence-electron chi connectivity index (χ4n) is 3.48. The molecule has 0 aliphatic carbocycles. The van der Waals surface area contributed by atoms with E-state index in [0.29, 0.717) is 16.5 Å². The van der Waals surface area contributed by atoms with E-state index in [1.165, 1.54) is 23.3 Å². The number of anilines is 1. The van der Waals surface area contributed by atoms with Gasteiger partial charge in [-0.3, -0.25) is 13.4 Å². The van der Waals surface area contributed by atoms with Gasteiger partial charge in [-0.25, -0.2) is 14.3 Å². The molecule has 0 bridgehead atoms. The fourth-order valence-corrected chi connectivity index (χ4v) is 6.35. The van der Waals surface area contributed by atoms with Gasteiger partial charge in [0.2, 0.25) is 0 Å². The number of aliphatic hydroxyl groups is 2. The molecule has 0 amide bonds. The van der Waals surface area contributed by atoms with Crippen LogP contribution < -0.4 is 144 Å². The van der Waals surface area contributed by atoms with Gasteiger partial charge >= 0.3 is 118 Å². The zero-order chi connectivity index (χ0) is 26.5. The SMILES string of the molecule is Nc1ncnc2c1c(-c1ccoc1)cn2[C@@H]1O[C@H](COP(=O)([O-])OP(=O)([O-])OP(=O)([O-])[O-])[C@@H](O)[C@H]1O.[Na+].[Na+].[Na+].[Na+]. The predicted molar refractivity (Wildman–Crippen MR) is 107 cm³/mol. The summed E-state index contributed by atoms with van der Waals surface area (Å²) in [5.74, 6) is 0.0808. The number of aliphatic hydroxyl groups excluding tert-OH is 2. The van der Waals surface area contributed by atoms with Crippen LogP contribution in [0.2, 0.25) is 0 Å². The normalized spacial score (nSPS) is 23.6. The zero-order valence-electron chi connectivity index (χ0n) is 21.5. The van der Waals surface area contributed by atoms with Gasteiger partial charge in [0.15, 0.2) is 6.23 Å². The smallest absolute Gasteiger partial charge is 0.790 e. The van der Waals surface area contributed by atoms with Crippen LogP contribution in [0.1, 0.15) is 6.23 Å². The number of rotatable bonds is 9. The molecular formula is C15H15N4Na4O14P3. The van der Waals surface area contributed by atoms with Gasteiger partial charge in [0, 0.05) is 17.3 Å². The first-order valence-corrected chi connectivity index (χ1v) is 13.9. The summed E-state index contributed by atoms with van der Waals surface area (Å²) in [6, 6.07) is 1.62. The molecular weight excluding hydrogens is 645 g/mol. The largest absolute Gasteiger partial charge is 1.00 e. The standard InChI is InChI=1S/C15H19N4O14P3.4Na/c16-13-10-8(7-1-2-29-4-7)3-19(14(10)18-6-17-13)15-12(21)11(20)9(31-15)5-30-35(25,26)33-36(27,28)32-34(22,23)24;;;;/h1-4,6,9,11-12,15,20-21H,5H2,(H,25,26)(H,27,28)(H2,16,17,18)(H2,22,23,24);;;;/q;4*+1/p-4/t9-,11-,12-,15-;;;;/m1..../s1. The van der Waals surface area contributed by atoms with Gasteiger partial charge in [0.05, 0.1) is 32.3 Å². The summed E-state index contributed by atoms with van der Waals surface area (Å²) >= 11 is 0. The van der Waals surface area contributed by atoms with Crippen LogP contribution in [-0.2, 0) is 31.6 Å². The molecule has 1 saturated heterocycles. The van der Waals surface area contributed by atoms with Crippen molar-refractivity contribution in [2.24, 2.45) is 0 Å². The van der Waals surface area contributed by atoms with Crippen LogP contribution in [0.15, 0.2) is 35.5 Å². The average Bonchev–Trinajstić information content (AvgIpc) is 3.44. The molecule has 0 spiro atoms. The molecule has 1 fully saturated rings. The van der Waals surface area contributed by atoms with Gasteiger partial charge in [-0.05, 0) is 6.07 Å². The third-order valence-electron chi connectivity index (χ3n) is 4.88. The van der Waals surface area contributed by atoms with E-state index in [0.717, 1.165) is 6.33 Å². The number of ether oxygens (including phenoxy) is 1. The molecule has 4 rings (SSSR count). The van der Waals surface area contributed by atoms with Crippen molar-refractivity contribution >= 4 is 40.3 Å². The van der Waals surface area contributed by atoms with Crippen LogP contribution in [0, 0.1) is 0 Å². The molecule has 4 heterocycles. The summed E-state index contributed by atoms with van der Waals surface area (Å²) in [5, 5.41) is 21.3. The molecule has 1 aliphatic rings. The van der Waals surface area contributed by atoms with Gasteiger partial charge in [0.1, 0.15) is 36.1 Å². The van der Waals surface area contributed by atoms with Crippen molar-refractivity contribution < 1.29 is 184 Å². The molecule has 4 N–H and O–H groups in total. The van der Waals surface area contributed by atoms with Crippen molar-refractivity contribution in [1.29, 1.82) is 0 Å². The molecule has 0 aromatic carbocycles. The Morgan fingerprint density at radius 1 is 1.00 bits per heavy atom. The zero-order valence-corrected chi connectivity index (χ0v) is 32.1. The number of nitrogen functional groups attached to an aromatic ring is 1. The summed E-state index contributed by atoms with van der Waals surface area (Å²) in [7, 11) is -18.2. The summed E-state index contributed by atoms with van der Waals surface area (Å²) in [5.41, 5.74) is 7.22. The van der Waals surface area contributed by atoms with Crippen molar-refractivity contribution in [1.82, 2.24) is 14.5 Å². The van der Waals surface area contributed by atoms with Crippen LogP contribution in [0.25, 0.3) is 22.2 Å². The van der Waals surface area contributed by atoms with Crippen molar-refractivity contribution in [2.45, 2.75) is 24.5 Å². The number of aromatic nitrogens is 3. The number of furan rings is 1. The Hall–Kier alpha value is 1.99. The number of nitrogens with zero attached hydrogens (tertiary/aromatic N) is 3. The van der Waals surface area contributed by atoms with Crippen LogP contribution in [-0.4, -0.2) is 49.7 Å². The van der Waals surface area contributed by atoms with Crippen molar-refractivity contribution in [3.8, 4) is 11.1 Å². The third kappa shape index (κ3) is 10.3. The van der Waals surface area contributed by atoms with Gasteiger partial charge in [-0.15, -0.1) is 0 Å². The monoisotopic (exact) mass is 660 g/mol. The van der Waals surface area contributed by atoms with E-state index in [1.807, 2.05) is 0 Å². The van der Waals surface area contributed by atoms with Crippen molar-refractivity contribution in [2.75, 3.05) is 12.3 Å². The Morgan fingerprint density at radius 2 is 1.65 bits per heavy atom. The minimum absolute atomic E-state index is 0. The Kier molecular flexibility index (Phi) is 17.3. The van der Waals surface area contributed by atoms with E-state index in [-0.39, 0.29) is 130 Å². The molecule has 0 radical (unpaired) electrons. The van der Waals surface area contributed by atoms with Crippen molar-refractivity contribution in [3.63, 3.8) is 0 Å². The summed E-state index contributed by atoms with van der Waals surface area (Å²) in [6.07, 6.45) is -0.937. The van der Waals surface area contributed by atoms with Gasteiger partial charge < -0.3 is 58.3 Å². The van der Waals surface area contributed by atoms with Gasteiger partial charge in [-0.1, -0.05) is 0 Å². The second kappa shape index (κ2) is 16.5. The molecule has 198 valence electrons. The number of fused-ring (bicyclic) bond motifs is 1. The maximum absolute atomic E-state index is 11.8. The van der Waals surface area contributed by atoms with Gasteiger partial charge in [0.25, 0.3) is 15.6 Å². The van der Waals surface area contributed by atoms with E-state index in [4.69, 9.17) is 14.9 Å². The molecule has 18 nitrogen and oxygen atoms in total. The number of phosphoric ester groups is 1. The predicted octanol–water partition coefficient (Wildman–Crippen LogP) is -14.3. The Morgan fingerprint density at radius 3 is 2.23 bits per heavy atom. The fraction of sp³-hybridized carbons (Fsp3) is 0.333. The van der Waals surface area contributed by atoms with Crippen LogP contribution in [0.3, 0.4) is 0 Å². The van der Waals surface area contributed by atoms with E-state index in [9.17, 15) is 43.5 Å². The number of hydrogen-bond acceptors (Lipinski definition) is 17. The molecule has 3 aromatic rings. The first-order valence-electron chi connectivity index (χ1n) is 9.54. The van der Waals surface area contributed by atoms with Crippen LogP contribution in [0.4, 0.5) is 5.82 Å². The molecule has 3 aromatic heterocycles. The van der Waals surface area contributed by atoms with E-state index >= 15 is 0 Å². The first kappa shape index (κ1) is 42.0. The second-order valence-corrected chi connectivity index (χ2v) is 11.5. The molecule has 1 aliphatic heterocycles. The summed E-state index contributed by atoms with van der Waals surface area (Å²) < 4.78 is 56.2. The summed E-state index contributed by atoms with van der Waals surface area (Å²) in [6.45, 7) is -1.09. The van der Waals surface area contributed by atoms with E-state index < -0.39 is 54.6 Å². The molecule has 6 atom stereocenters. The minimum Gasteiger partial charge on any atom is -0.790 e. The van der Waals surface area contributed by atoms with Crippen LogP contribution >= 0.6 is 23.5 Å². The maximum Gasteiger partial charge on any atom is 1.00 e. The number of phosphoric acid groups is 3. The second-order valence-electron chi connectivity index (χ2n) is 7.27. The molecule has 2 unspecified atom stereocenters. The first-order chi connectivity index (χ1) is 16.7. The Bertz CT molecular complexity index is 1410. The molecule has 25 heteroatoms. The maximum atomic E-state index is 11.8. The summed E-state index contributed by atoms with van der Waals surface area (Å²) in [4.78, 5) is 51.9. The topological polar surface area (TPSA) is 291 Å². The minimum atomic E-state index is -6.17. The molecule has 0 saturated carbocycles. The van der Waals surface area contributed by atoms with Crippen LogP contribution in [0.5, 0.6) is 0 Å².